The Kier molecular flexibility index (Phi) is 15.6. The van der Waals surface area contributed by atoms with Crippen LogP contribution in [0.25, 0.3) is 65.3 Å². The van der Waals surface area contributed by atoms with E-state index in [1.165, 1.54) is 86.8 Å². The number of hydrogen-bond acceptors (Lipinski definition) is 0. The SMILES string of the molecule is CCc1cc2c(-c3cccc4ccccc34)cccc2[cH-]1.CCc1cc2c(-c3cccc4ccccc34)cccc2[cH-]1.[CH3-].[CH3-].[Ti+4].c1ccc([Si]c2ccccc2)cc1. The van der Waals surface area contributed by atoms with Crippen LogP contribution in [-0.4, -0.2) is 9.52 Å². The maximum Gasteiger partial charge on any atom is 4.00 e. The molecule has 0 N–H and O–H groups in total. The molecule has 0 spiro atoms. The monoisotopic (exact) mass is 798 g/mol. The maximum absolute atomic E-state index is 2.34. The van der Waals surface area contributed by atoms with Crippen LogP contribution in [0.3, 0.4) is 0 Å². The van der Waals surface area contributed by atoms with Crippen molar-refractivity contribution in [3.8, 4) is 22.3 Å². The van der Waals surface area contributed by atoms with Crippen molar-refractivity contribution in [1.29, 1.82) is 0 Å². The molecule has 0 aromatic heterocycles. The molecule has 0 bridgehead atoms. The van der Waals surface area contributed by atoms with Gasteiger partial charge in [-0.1, -0.05) is 193 Å². The van der Waals surface area contributed by atoms with Crippen LogP contribution in [-0.2, 0) is 34.6 Å². The molecule has 0 heterocycles. The number of fused-ring (bicyclic) bond motifs is 4. The topological polar surface area (TPSA) is 0 Å². The average molecular weight is 799 g/mol. The first-order chi connectivity index (χ1) is 27.2. The maximum atomic E-state index is 2.34. The van der Waals surface area contributed by atoms with Gasteiger partial charge in [-0.15, -0.1) is 69.1 Å². The Morgan fingerprint density at radius 3 is 1.09 bits per heavy atom. The van der Waals surface area contributed by atoms with Crippen molar-refractivity contribution >= 4 is 63.0 Å². The van der Waals surface area contributed by atoms with Crippen molar-refractivity contribution in [3.05, 3.63) is 232 Å². The van der Waals surface area contributed by atoms with E-state index in [-0.39, 0.29) is 36.6 Å². The molecule has 0 fully saturated rings. The van der Waals surface area contributed by atoms with E-state index in [2.05, 4.69) is 220 Å². The van der Waals surface area contributed by atoms with Gasteiger partial charge in [0.2, 0.25) is 0 Å². The predicted molar refractivity (Wildman–Crippen MR) is 254 cm³/mol. The fourth-order valence-electron chi connectivity index (χ4n) is 7.60. The summed E-state index contributed by atoms with van der Waals surface area (Å²) in [7, 11) is 0.777. The molecule has 0 aliphatic heterocycles. The largest absolute Gasteiger partial charge is 4.00 e. The molecule has 0 saturated carbocycles. The minimum atomic E-state index is 0. The molecule has 0 atom stereocenters. The van der Waals surface area contributed by atoms with Crippen LogP contribution in [0.4, 0.5) is 0 Å². The zero-order valence-corrected chi connectivity index (χ0v) is 36.6. The van der Waals surface area contributed by atoms with Gasteiger partial charge in [-0.2, -0.15) is 12.1 Å². The normalized spacial score (nSPS) is 10.4. The van der Waals surface area contributed by atoms with Crippen LogP contribution in [0.2, 0.25) is 0 Å². The Balaban J connectivity index is 0.000000166. The van der Waals surface area contributed by atoms with Gasteiger partial charge in [0.25, 0.3) is 0 Å². The molecule has 10 rings (SSSR count). The van der Waals surface area contributed by atoms with Gasteiger partial charge in [-0.05, 0) is 45.5 Å². The molecule has 2 radical (unpaired) electrons. The van der Waals surface area contributed by atoms with Gasteiger partial charge in [0.05, 0.1) is 0 Å². The number of aryl methyl sites for hydroxylation is 2. The Labute approximate surface area is 363 Å². The molecule has 0 unspecified atom stereocenters. The zero-order chi connectivity index (χ0) is 37.4. The molecule has 10 aromatic carbocycles. The summed E-state index contributed by atoms with van der Waals surface area (Å²) in [5.74, 6) is 0. The average Bonchev–Trinajstić information content (AvgIpc) is 3.89. The van der Waals surface area contributed by atoms with E-state index in [0.717, 1.165) is 22.4 Å². The molecule has 0 nitrogen and oxygen atoms in total. The molecule has 10 aromatic rings. The third-order valence-electron chi connectivity index (χ3n) is 10.4. The second kappa shape index (κ2) is 20.7. The van der Waals surface area contributed by atoms with E-state index in [1.54, 1.807) is 0 Å². The number of benzene rings is 8. The molecule has 2 heteroatoms. The third-order valence-corrected chi connectivity index (χ3v) is 11.7. The van der Waals surface area contributed by atoms with E-state index < -0.39 is 0 Å². The van der Waals surface area contributed by atoms with E-state index in [0.29, 0.717) is 0 Å². The minimum Gasteiger partial charge on any atom is -0.358 e. The number of hydrogen-bond donors (Lipinski definition) is 0. The first kappa shape index (κ1) is 43.6. The Morgan fingerprint density at radius 1 is 0.362 bits per heavy atom. The number of rotatable bonds is 6. The summed E-state index contributed by atoms with van der Waals surface area (Å²) in [5.41, 5.74) is 8.15. The molecule has 0 aliphatic rings. The van der Waals surface area contributed by atoms with Crippen molar-refractivity contribution in [2.24, 2.45) is 0 Å². The Hall–Kier alpha value is -5.57. The summed E-state index contributed by atoms with van der Waals surface area (Å²) < 4.78 is 0. The van der Waals surface area contributed by atoms with E-state index in [1.807, 2.05) is 0 Å². The molecule has 0 aliphatic carbocycles. The molecule has 58 heavy (non-hydrogen) atoms. The second-order valence-corrected chi connectivity index (χ2v) is 15.4. The quantitative estimate of drug-likeness (QED) is 0.116. The summed E-state index contributed by atoms with van der Waals surface area (Å²) in [4.78, 5) is 0. The van der Waals surface area contributed by atoms with E-state index in [9.17, 15) is 0 Å². The summed E-state index contributed by atoms with van der Waals surface area (Å²) in [6, 6.07) is 74.1. The standard InChI is InChI=1S/2C21H17.C12H10Si.2CH3.Ti/c2*1-2-15-13-17-9-6-12-20(21(17)14-15)19-11-5-8-16-7-3-4-10-18(16)19;1-3-7-11(8-4-1)13-12-9-5-2-6-10-12;;;/h2*3-14H,2H2,1H3;1-10H;2*1H3;/q2*-1;;2*-1;+4. The summed E-state index contributed by atoms with van der Waals surface area (Å²) >= 11 is 0. The van der Waals surface area contributed by atoms with Crippen LogP contribution in [0.1, 0.15) is 25.0 Å². The fourth-order valence-corrected chi connectivity index (χ4v) is 8.65. The fraction of sp³-hybridized carbons (Fsp3) is 0.0714. The van der Waals surface area contributed by atoms with Gasteiger partial charge in [0.1, 0.15) is 9.52 Å². The smallest absolute Gasteiger partial charge is 0.358 e. The van der Waals surface area contributed by atoms with Crippen LogP contribution < -0.4 is 10.4 Å². The van der Waals surface area contributed by atoms with Gasteiger partial charge >= 0.3 is 21.7 Å². The van der Waals surface area contributed by atoms with Crippen molar-refractivity contribution in [3.63, 3.8) is 0 Å². The van der Waals surface area contributed by atoms with Gasteiger partial charge in [0.15, 0.2) is 0 Å². The van der Waals surface area contributed by atoms with Crippen molar-refractivity contribution in [2.45, 2.75) is 26.7 Å². The van der Waals surface area contributed by atoms with E-state index in [4.69, 9.17) is 0 Å². The molecule has 282 valence electrons. The summed E-state index contributed by atoms with van der Waals surface area (Å²) in [6.07, 6.45) is 2.17. The van der Waals surface area contributed by atoms with Gasteiger partial charge in [0, 0.05) is 0 Å². The molecular weight excluding hydrogens is 749 g/mol. The van der Waals surface area contributed by atoms with Crippen LogP contribution in [0, 0.1) is 14.9 Å². The van der Waals surface area contributed by atoms with Crippen molar-refractivity contribution < 1.29 is 21.7 Å². The zero-order valence-electron chi connectivity index (χ0n) is 34.0. The summed E-state index contributed by atoms with van der Waals surface area (Å²) in [6.45, 7) is 4.43. The van der Waals surface area contributed by atoms with Crippen LogP contribution in [0.5, 0.6) is 0 Å². The first-order valence-electron chi connectivity index (χ1n) is 19.4. The van der Waals surface area contributed by atoms with Crippen LogP contribution >= 0.6 is 0 Å². The Bertz CT molecular complexity index is 2600. The van der Waals surface area contributed by atoms with Crippen molar-refractivity contribution in [1.82, 2.24) is 0 Å². The van der Waals surface area contributed by atoms with Crippen molar-refractivity contribution in [2.75, 3.05) is 0 Å². The van der Waals surface area contributed by atoms with Crippen LogP contribution in [0.15, 0.2) is 206 Å². The molecule has 0 saturated heterocycles. The molecular formula is C56H50SiTi. The summed E-state index contributed by atoms with van der Waals surface area (Å²) in [5, 5.41) is 13.5. The predicted octanol–water partition coefficient (Wildman–Crippen LogP) is 14.1. The Morgan fingerprint density at radius 2 is 0.690 bits per heavy atom. The minimum absolute atomic E-state index is 0. The second-order valence-electron chi connectivity index (χ2n) is 14.0. The van der Waals surface area contributed by atoms with Gasteiger partial charge in [-0.25, -0.2) is 0 Å². The third kappa shape index (κ3) is 9.75. The van der Waals surface area contributed by atoms with Gasteiger partial charge in [-0.3, -0.25) is 0 Å². The van der Waals surface area contributed by atoms with E-state index >= 15 is 0 Å². The van der Waals surface area contributed by atoms with Gasteiger partial charge < -0.3 is 14.9 Å². The molecule has 0 amide bonds. The first-order valence-corrected chi connectivity index (χ1v) is 20.4.